The molecule has 0 unspecified atom stereocenters. The van der Waals surface area contributed by atoms with Crippen molar-refractivity contribution in [3.05, 3.63) is 0 Å². The van der Waals surface area contributed by atoms with E-state index in [0.717, 1.165) is 51.4 Å². The molecule has 0 aliphatic heterocycles. The molecule has 0 aromatic carbocycles. The lowest BCUT2D eigenvalue weighted by Gasteiger charge is -2.56. The van der Waals surface area contributed by atoms with Gasteiger partial charge in [-0.1, -0.05) is 57.8 Å². The minimum absolute atomic E-state index is 0.0323. The summed E-state index contributed by atoms with van der Waals surface area (Å²) in [4.78, 5) is 12.9. The number of carbonyl (C=O) groups excluding carboxylic acids is 1. The van der Waals surface area contributed by atoms with Gasteiger partial charge in [-0.05, 0) is 97.8 Å². The zero-order valence-electron chi connectivity index (χ0n) is 24.0. The van der Waals surface area contributed by atoms with Crippen molar-refractivity contribution in [3.8, 4) is 0 Å². The van der Waals surface area contributed by atoms with Crippen molar-refractivity contribution in [1.29, 1.82) is 0 Å². The molecule has 0 heterocycles. The summed E-state index contributed by atoms with van der Waals surface area (Å²) in [6, 6.07) is 0. The molecule has 5 rings (SSSR count). The van der Waals surface area contributed by atoms with Gasteiger partial charge in [0.25, 0.3) is 0 Å². The summed E-state index contributed by atoms with van der Waals surface area (Å²) >= 11 is 0. The Labute approximate surface area is 221 Å². The van der Waals surface area contributed by atoms with Crippen LogP contribution in [0.5, 0.6) is 0 Å². The Morgan fingerprint density at radius 1 is 0.722 bits per heavy atom. The molecule has 5 heteroatoms. The first-order valence-electron chi connectivity index (χ1n) is 15.5. The van der Waals surface area contributed by atoms with Crippen LogP contribution in [0.4, 0.5) is 0 Å². The first kappa shape index (κ1) is 28.4. The molecule has 36 heavy (non-hydrogen) atoms. The highest BCUT2D eigenvalue weighted by atomic mass is 16.5. The summed E-state index contributed by atoms with van der Waals surface area (Å²) in [6.07, 6.45) is 23.4. The van der Waals surface area contributed by atoms with Gasteiger partial charge in [0.05, 0.1) is 11.7 Å². The van der Waals surface area contributed by atoms with E-state index in [1.165, 1.54) is 70.6 Å². The lowest BCUT2D eigenvalue weighted by molar-refractivity contribution is -0.182. The maximum Gasteiger partial charge on any atom is 0.246 e. The number of carbonyl (C=O) groups is 1. The lowest BCUT2D eigenvalue weighted by Crippen LogP contribution is -2.67. The van der Waals surface area contributed by atoms with Crippen molar-refractivity contribution in [2.75, 3.05) is 6.61 Å². The van der Waals surface area contributed by atoms with Crippen LogP contribution in [0.15, 0.2) is 0 Å². The molecule has 2 N–H and O–H groups in total. The molecule has 0 spiro atoms. The highest BCUT2D eigenvalue weighted by Gasteiger charge is 2.51. The number of ether oxygens (including phenoxy) is 2. The molecule has 5 aliphatic rings. The van der Waals surface area contributed by atoms with Crippen LogP contribution in [-0.2, 0) is 14.3 Å². The molecule has 0 atom stereocenters. The second kappa shape index (κ2) is 12.0. The topological polar surface area (TPSA) is 59.6 Å². The van der Waals surface area contributed by atoms with E-state index in [9.17, 15) is 4.79 Å². The largest absolute Gasteiger partial charge is 0.368 e. The van der Waals surface area contributed by atoms with Crippen LogP contribution < -0.4 is 10.6 Å². The Kier molecular flexibility index (Phi) is 9.48. The zero-order valence-corrected chi connectivity index (χ0v) is 24.0. The SMILES string of the molecule is CC(C)(NC12CCC(NC(=O)COC3CCCCCCC3)(CC1)CC2)OC(C)(C)C1CCCCCC1. The molecular weight excluding hydrogens is 448 g/mol. The van der Waals surface area contributed by atoms with Gasteiger partial charge in [0.15, 0.2) is 0 Å². The summed E-state index contributed by atoms with van der Waals surface area (Å²) in [5.41, 5.74) is -0.378. The maximum atomic E-state index is 12.9. The molecule has 5 fully saturated rings. The van der Waals surface area contributed by atoms with E-state index in [0.29, 0.717) is 5.92 Å². The van der Waals surface area contributed by atoms with Crippen LogP contribution >= 0.6 is 0 Å². The van der Waals surface area contributed by atoms with Crippen LogP contribution in [0.3, 0.4) is 0 Å². The van der Waals surface area contributed by atoms with E-state index in [1.807, 2.05) is 0 Å². The monoisotopic (exact) mass is 504 g/mol. The smallest absolute Gasteiger partial charge is 0.246 e. The minimum atomic E-state index is -0.359. The van der Waals surface area contributed by atoms with Crippen molar-refractivity contribution in [2.24, 2.45) is 5.92 Å². The van der Waals surface area contributed by atoms with Gasteiger partial charge < -0.3 is 14.8 Å². The normalized spacial score (nSPS) is 31.4. The Balaban J connectivity index is 1.24. The lowest BCUT2D eigenvalue weighted by atomic mass is 9.61. The summed E-state index contributed by atoms with van der Waals surface area (Å²) in [5.74, 6) is 0.733. The van der Waals surface area contributed by atoms with E-state index >= 15 is 0 Å². The Hall–Kier alpha value is -0.650. The van der Waals surface area contributed by atoms with Crippen LogP contribution in [0, 0.1) is 5.92 Å². The molecule has 5 saturated carbocycles. The highest BCUT2D eigenvalue weighted by Crippen LogP contribution is 2.48. The standard InChI is InChI=1S/C31H56N2O3/c1-28(2,25-14-10-8-9-11-15-25)36-29(3,4)33-31-21-18-30(19-22-31,20-23-31)32-27(34)24-35-26-16-12-6-5-7-13-17-26/h25-26,33H,5-24H2,1-4H3,(H,32,34). The van der Waals surface area contributed by atoms with Crippen molar-refractivity contribution in [2.45, 2.75) is 178 Å². The number of fused-ring (bicyclic) bond motifs is 3. The number of hydrogen-bond donors (Lipinski definition) is 2. The molecule has 2 bridgehead atoms. The Morgan fingerprint density at radius 3 is 1.75 bits per heavy atom. The van der Waals surface area contributed by atoms with Crippen molar-refractivity contribution in [3.63, 3.8) is 0 Å². The summed E-state index contributed by atoms with van der Waals surface area (Å²) in [7, 11) is 0. The van der Waals surface area contributed by atoms with E-state index in [-0.39, 0.29) is 41.0 Å². The Bertz CT molecular complexity index is 678. The third-order valence-electron chi connectivity index (χ3n) is 10.1. The number of rotatable bonds is 9. The fraction of sp³-hybridized carbons (Fsp3) is 0.968. The third kappa shape index (κ3) is 7.69. The number of nitrogens with one attached hydrogen (secondary N) is 2. The van der Waals surface area contributed by atoms with Crippen molar-refractivity contribution >= 4 is 5.91 Å². The average Bonchev–Trinajstić information content (AvgIpc) is 3.09. The average molecular weight is 505 g/mol. The van der Waals surface area contributed by atoms with Crippen LogP contribution in [0.1, 0.15) is 150 Å². The van der Waals surface area contributed by atoms with Crippen molar-refractivity contribution < 1.29 is 14.3 Å². The minimum Gasteiger partial charge on any atom is -0.368 e. The maximum absolute atomic E-state index is 12.9. The summed E-state index contributed by atoms with van der Waals surface area (Å²) in [6.45, 7) is 9.31. The summed E-state index contributed by atoms with van der Waals surface area (Å²) < 4.78 is 12.9. The number of hydrogen-bond acceptors (Lipinski definition) is 4. The molecular formula is C31H56N2O3. The Morgan fingerprint density at radius 2 is 1.19 bits per heavy atom. The second-order valence-corrected chi connectivity index (χ2v) is 13.9. The van der Waals surface area contributed by atoms with Crippen LogP contribution in [-0.4, -0.2) is 41.0 Å². The third-order valence-corrected chi connectivity index (χ3v) is 10.1. The van der Waals surface area contributed by atoms with E-state index < -0.39 is 0 Å². The predicted molar refractivity (Wildman–Crippen MR) is 147 cm³/mol. The molecule has 208 valence electrons. The molecule has 1 amide bonds. The number of amides is 1. The van der Waals surface area contributed by atoms with Gasteiger partial charge in [0.2, 0.25) is 5.91 Å². The van der Waals surface area contributed by atoms with Gasteiger partial charge >= 0.3 is 0 Å². The molecule has 0 aromatic rings. The van der Waals surface area contributed by atoms with Gasteiger partial charge in [0, 0.05) is 11.1 Å². The summed E-state index contributed by atoms with van der Waals surface area (Å²) in [5, 5.41) is 7.43. The predicted octanol–water partition coefficient (Wildman–Crippen LogP) is 7.17. The van der Waals surface area contributed by atoms with Gasteiger partial charge in [-0.25, -0.2) is 0 Å². The van der Waals surface area contributed by atoms with Gasteiger partial charge in [0.1, 0.15) is 12.3 Å². The molecule has 5 aliphatic carbocycles. The zero-order chi connectivity index (χ0) is 25.7. The molecule has 0 saturated heterocycles. The second-order valence-electron chi connectivity index (χ2n) is 13.9. The first-order chi connectivity index (χ1) is 17.1. The van der Waals surface area contributed by atoms with E-state index in [4.69, 9.17) is 9.47 Å². The highest BCUT2D eigenvalue weighted by molar-refractivity contribution is 5.78. The quantitative estimate of drug-likeness (QED) is 0.258. The van der Waals surface area contributed by atoms with Crippen LogP contribution in [0.25, 0.3) is 0 Å². The van der Waals surface area contributed by atoms with E-state index in [2.05, 4.69) is 38.3 Å². The van der Waals surface area contributed by atoms with Crippen LogP contribution in [0.2, 0.25) is 0 Å². The van der Waals surface area contributed by atoms with Gasteiger partial charge in [-0.15, -0.1) is 0 Å². The van der Waals surface area contributed by atoms with Crippen molar-refractivity contribution in [1.82, 2.24) is 10.6 Å². The molecule has 5 nitrogen and oxygen atoms in total. The van der Waals surface area contributed by atoms with E-state index in [1.54, 1.807) is 0 Å². The molecule has 0 radical (unpaired) electrons. The van der Waals surface area contributed by atoms with Gasteiger partial charge in [-0.2, -0.15) is 0 Å². The van der Waals surface area contributed by atoms with Gasteiger partial charge in [-0.3, -0.25) is 10.1 Å². The molecule has 0 aromatic heterocycles. The fourth-order valence-electron chi connectivity index (χ4n) is 8.05. The first-order valence-corrected chi connectivity index (χ1v) is 15.5. The fourth-order valence-corrected chi connectivity index (χ4v) is 8.05.